The summed E-state index contributed by atoms with van der Waals surface area (Å²) < 4.78 is 1.15. The fourth-order valence-corrected chi connectivity index (χ4v) is 3.60. The van der Waals surface area contributed by atoms with E-state index in [1.54, 1.807) is 7.05 Å². The molecule has 8 heteroatoms. The minimum absolute atomic E-state index is 0. The molecule has 3 N–H and O–H groups in total. The second-order valence-corrected chi connectivity index (χ2v) is 8.63. The van der Waals surface area contributed by atoms with Crippen LogP contribution in [-0.4, -0.2) is 43.3 Å². The van der Waals surface area contributed by atoms with Gasteiger partial charge in [0.2, 0.25) is 5.91 Å². The first-order valence-corrected chi connectivity index (χ1v) is 10.2. The quantitative estimate of drug-likeness (QED) is 0.149. The van der Waals surface area contributed by atoms with Gasteiger partial charge < -0.3 is 16.0 Å². The van der Waals surface area contributed by atoms with Crippen molar-refractivity contribution in [2.24, 2.45) is 4.99 Å². The van der Waals surface area contributed by atoms with Crippen LogP contribution < -0.4 is 16.0 Å². The van der Waals surface area contributed by atoms with Gasteiger partial charge in [0.15, 0.2) is 5.96 Å². The number of hydrogen-bond donors (Lipinski definition) is 3. The summed E-state index contributed by atoms with van der Waals surface area (Å²) in [4.78, 5) is 17.2. The molecule has 5 nitrogen and oxygen atoms in total. The number of carbonyl (C=O) groups excluding carboxylic acids is 1. The molecule has 0 spiro atoms. The van der Waals surface area contributed by atoms with Gasteiger partial charge in [-0.1, -0.05) is 12.1 Å². The van der Waals surface area contributed by atoms with E-state index in [0.717, 1.165) is 29.6 Å². The smallest absolute Gasteiger partial charge is 0.239 e. The summed E-state index contributed by atoms with van der Waals surface area (Å²) in [6.07, 6.45) is 2.16. The van der Waals surface area contributed by atoms with Crippen molar-refractivity contribution in [1.29, 1.82) is 0 Å². The van der Waals surface area contributed by atoms with Gasteiger partial charge in [-0.05, 0) is 67.4 Å². The van der Waals surface area contributed by atoms with Crippen molar-refractivity contribution < 1.29 is 4.79 Å². The van der Waals surface area contributed by atoms with Crippen LogP contribution in [0.1, 0.15) is 33.6 Å². The Morgan fingerprint density at radius 2 is 1.88 bits per heavy atom. The first-order valence-electron chi connectivity index (χ1n) is 8.44. The van der Waals surface area contributed by atoms with Gasteiger partial charge in [-0.25, -0.2) is 0 Å². The second kappa shape index (κ2) is 13.7. The lowest BCUT2D eigenvalue weighted by Gasteiger charge is -2.21. The summed E-state index contributed by atoms with van der Waals surface area (Å²) >= 11 is 5.42. The van der Waals surface area contributed by atoms with Gasteiger partial charge in [0.1, 0.15) is 0 Å². The van der Waals surface area contributed by atoms with Gasteiger partial charge >= 0.3 is 0 Å². The van der Waals surface area contributed by atoms with E-state index in [1.165, 1.54) is 4.90 Å². The zero-order chi connectivity index (χ0) is 18.7. The Morgan fingerprint density at radius 1 is 1.19 bits per heavy atom. The molecule has 0 saturated carbocycles. The van der Waals surface area contributed by atoms with Gasteiger partial charge in [0, 0.05) is 28.5 Å². The van der Waals surface area contributed by atoms with Gasteiger partial charge in [-0.15, -0.1) is 35.7 Å². The number of guanidine groups is 1. The zero-order valence-electron chi connectivity index (χ0n) is 15.9. The number of rotatable bonds is 8. The maximum atomic E-state index is 11.8. The lowest BCUT2D eigenvalue weighted by Crippen LogP contribution is -2.48. The van der Waals surface area contributed by atoms with Crippen LogP contribution in [0.2, 0.25) is 0 Å². The number of halogens is 2. The van der Waals surface area contributed by atoms with Gasteiger partial charge in [0.05, 0.1) is 6.54 Å². The normalized spacial score (nSPS) is 11.5. The molecule has 0 bridgehead atoms. The number of hydrogen-bond acceptors (Lipinski definition) is 3. The maximum absolute atomic E-state index is 11.8. The number of unbranched alkanes of at least 4 members (excludes halogenated alkanes) is 1. The van der Waals surface area contributed by atoms with Crippen molar-refractivity contribution in [2.75, 3.05) is 25.9 Å². The number of aliphatic imine (C=N–C) groups is 1. The number of carbonyl (C=O) groups is 1. The number of thioether (sulfide) groups is 1. The molecule has 1 aromatic carbocycles. The predicted octanol–water partition coefficient (Wildman–Crippen LogP) is 4.02. The summed E-state index contributed by atoms with van der Waals surface area (Å²) in [5, 5.41) is 9.18. The molecular formula is C18H30BrIN4OS. The SMILES string of the molecule is CN=C(NCCCCSc1ccccc1Br)NCC(=O)NC(C)(C)C.I. The molecule has 0 aliphatic heterocycles. The van der Waals surface area contributed by atoms with Crippen molar-refractivity contribution in [3.8, 4) is 0 Å². The summed E-state index contributed by atoms with van der Waals surface area (Å²) in [6, 6.07) is 8.27. The fraction of sp³-hybridized carbons (Fsp3) is 0.556. The van der Waals surface area contributed by atoms with Crippen LogP contribution in [0.25, 0.3) is 0 Å². The van der Waals surface area contributed by atoms with Crippen LogP contribution in [0, 0.1) is 0 Å². The topological polar surface area (TPSA) is 65.5 Å². The Balaban J connectivity index is 0.00000625. The largest absolute Gasteiger partial charge is 0.356 e. The van der Waals surface area contributed by atoms with Crippen LogP contribution in [0.15, 0.2) is 38.6 Å². The number of benzene rings is 1. The van der Waals surface area contributed by atoms with E-state index in [4.69, 9.17) is 0 Å². The average molecular weight is 557 g/mol. The molecule has 1 aromatic rings. The highest BCUT2D eigenvalue weighted by Gasteiger charge is 2.13. The Kier molecular flexibility index (Phi) is 13.4. The highest BCUT2D eigenvalue weighted by atomic mass is 127. The summed E-state index contributed by atoms with van der Waals surface area (Å²) in [6.45, 7) is 6.93. The Bertz CT molecular complexity index is 579. The molecule has 0 aromatic heterocycles. The molecule has 0 fully saturated rings. The van der Waals surface area contributed by atoms with E-state index < -0.39 is 0 Å². The van der Waals surface area contributed by atoms with E-state index in [0.29, 0.717) is 5.96 Å². The van der Waals surface area contributed by atoms with Crippen LogP contribution >= 0.6 is 51.7 Å². The lowest BCUT2D eigenvalue weighted by atomic mass is 10.1. The van der Waals surface area contributed by atoms with E-state index in [2.05, 4.69) is 55.1 Å². The van der Waals surface area contributed by atoms with E-state index in [-0.39, 0.29) is 42.0 Å². The monoisotopic (exact) mass is 556 g/mol. The highest BCUT2D eigenvalue weighted by molar-refractivity contribution is 14.0. The number of amides is 1. The van der Waals surface area contributed by atoms with Crippen molar-refractivity contribution >= 4 is 63.5 Å². The van der Waals surface area contributed by atoms with Gasteiger partial charge in [-0.3, -0.25) is 9.79 Å². The number of nitrogens with one attached hydrogen (secondary N) is 3. The van der Waals surface area contributed by atoms with Gasteiger partial charge in [-0.2, -0.15) is 0 Å². The molecular weight excluding hydrogens is 527 g/mol. The fourth-order valence-electron chi connectivity index (χ4n) is 2.02. The third kappa shape index (κ3) is 12.0. The molecule has 0 aliphatic rings. The molecule has 0 unspecified atom stereocenters. The van der Waals surface area contributed by atoms with Crippen molar-refractivity contribution in [1.82, 2.24) is 16.0 Å². The number of nitrogens with zero attached hydrogens (tertiary/aromatic N) is 1. The minimum atomic E-state index is -0.221. The second-order valence-electron chi connectivity index (χ2n) is 6.64. The minimum Gasteiger partial charge on any atom is -0.356 e. The first-order chi connectivity index (χ1) is 11.8. The highest BCUT2D eigenvalue weighted by Crippen LogP contribution is 2.27. The molecule has 26 heavy (non-hydrogen) atoms. The molecule has 0 saturated heterocycles. The summed E-state index contributed by atoms with van der Waals surface area (Å²) in [7, 11) is 1.71. The van der Waals surface area contributed by atoms with Crippen molar-refractivity contribution in [2.45, 2.75) is 44.0 Å². The van der Waals surface area contributed by atoms with Crippen LogP contribution in [-0.2, 0) is 4.79 Å². The maximum Gasteiger partial charge on any atom is 0.239 e. The zero-order valence-corrected chi connectivity index (χ0v) is 20.6. The molecule has 0 aliphatic carbocycles. The van der Waals surface area contributed by atoms with Gasteiger partial charge in [0.25, 0.3) is 0 Å². The molecule has 148 valence electrons. The predicted molar refractivity (Wildman–Crippen MR) is 127 cm³/mol. The Labute approximate surface area is 187 Å². The van der Waals surface area contributed by atoms with E-state index in [1.807, 2.05) is 38.6 Å². The Hall–Kier alpha value is -0.480. The molecule has 1 amide bonds. The first kappa shape index (κ1) is 25.5. The standard InChI is InChI=1S/C18H29BrN4OS.HI/c1-18(2,3)23-16(24)13-22-17(20-4)21-11-7-8-12-25-15-10-6-5-9-14(15)19;/h5-6,9-10H,7-8,11-13H2,1-4H3,(H,23,24)(H2,20,21,22);1H. The average Bonchev–Trinajstić information content (AvgIpc) is 2.53. The lowest BCUT2D eigenvalue weighted by molar-refractivity contribution is -0.121. The van der Waals surface area contributed by atoms with Crippen molar-refractivity contribution in [3.63, 3.8) is 0 Å². The summed E-state index contributed by atoms with van der Waals surface area (Å²) in [5.41, 5.74) is -0.221. The van der Waals surface area contributed by atoms with E-state index in [9.17, 15) is 4.79 Å². The van der Waals surface area contributed by atoms with Crippen molar-refractivity contribution in [3.05, 3.63) is 28.7 Å². The third-order valence-corrected chi connectivity index (χ3v) is 5.23. The molecule has 0 atom stereocenters. The third-order valence-electron chi connectivity index (χ3n) is 3.11. The van der Waals surface area contributed by atoms with E-state index >= 15 is 0 Å². The Morgan fingerprint density at radius 3 is 2.50 bits per heavy atom. The van der Waals surface area contributed by atoms with Crippen LogP contribution in [0.4, 0.5) is 0 Å². The molecule has 0 heterocycles. The summed E-state index contributed by atoms with van der Waals surface area (Å²) in [5.74, 6) is 1.69. The molecule has 0 radical (unpaired) electrons. The van der Waals surface area contributed by atoms with Crippen LogP contribution in [0.5, 0.6) is 0 Å². The molecule has 1 rings (SSSR count). The van der Waals surface area contributed by atoms with Crippen LogP contribution in [0.3, 0.4) is 0 Å².